The van der Waals surface area contributed by atoms with Crippen LogP contribution in [0.15, 0.2) is 35.5 Å². The Morgan fingerprint density at radius 3 is 2.42 bits per heavy atom. The number of hydrogen-bond donors (Lipinski definition) is 2. The molecule has 3 nitrogen and oxygen atoms in total. The predicted molar refractivity (Wildman–Crippen MR) is 125 cm³/mol. The minimum atomic E-state index is -0.896. The van der Waals surface area contributed by atoms with Gasteiger partial charge in [0, 0.05) is 16.4 Å². The SMILES string of the molecule is CC(C)[C@@H](C)/C=C/[C@@H](C)[C@H]1CC[C@@]2(O)C3=CC(=O)C4=C[C@@H](O)CC[C@]4(C)[C@H]3CC[C@]12C. The number of ketones is 1. The van der Waals surface area contributed by atoms with Gasteiger partial charge in [-0.2, -0.15) is 0 Å². The zero-order valence-corrected chi connectivity index (χ0v) is 20.3. The molecule has 2 fully saturated rings. The molecule has 0 aromatic carbocycles. The molecule has 3 heteroatoms. The molecule has 0 aromatic heterocycles. The Bertz CT molecular complexity index is 835. The molecule has 8 atom stereocenters. The van der Waals surface area contributed by atoms with Gasteiger partial charge in [0.2, 0.25) is 0 Å². The highest BCUT2D eigenvalue weighted by Crippen LogP contribution is 2.67. The molecule has 0 heterocycles. The van der Waals surface area contributed by atoms with Gasteiger partial charge in [-0.25, -0.2) is 0 Å². The second kappa shape index (κ2) is 7.70. The molecule has 4 aliphatic rings. The number of aliphatic hydroxyl groups is 2. The summed E-state index contributed by atoms with van der Waals surface area (Å²) in [5.41, 5.74) is 0.421. The van der Waals surface area contributed by atoms with Gasteiger partial charge in [-0.15, -0.1) is 0 Å². The molecular formula is C28H42O3. The van der Waals surface area contributed by atoms with Crippen molar-refractivity contribution in [2.24, 2.45) is 40.4 Å². The lowest BCUT2D eigenvalue weighted by atomic mass is 9.48. The van der Waals surface area contributed by atoms with E-state index in [9.17, 15) is 15.0 Å². The first-order valence-corrected chi connectivity index (χ1v) is 12.5. The lowest BCUT2D eigenvalue weighted by Gasteiger charge is -2.58. The fraction of sp³-hybridized carbons (Fsp3) is 0.750. The molecule has 4 rings (SSSR count). The normalized spacial score (nSPS) is 44.4. The number of carbonyl (C=O) groups is 1. The van der Waals surface area contributed by atoms with Crippen molar-refractivity contribution in [2.75, 3.05) is 0 Å². The summed E-state index contributed by atoms with van der Waals surface area (Å²) in [6.07, 6.45) is 13.0. The van der Waals surface area contributed by atoms with Crippen LogP contribution >= 0.6 is 0 Å². The van der Waals surface area contributed by atoms with Crippen LogP contribution in [0.2, 0.25) is 0 Å². The molecule has 2 N–H and O–H groups in total. The average Bonchev–Trinajstić information content (AvgIpc) is 2.99. The van der Waals surface area contributed by atoms with Gasteiger partial charge >= 0.3 is 0 Å². The van der Waals surface area contributed by atoms with Gasteiger partial charge in [-0.1, -0.05) is 53.7 Å². The molecular weight excluding hydrogens is 384 g/mol. The van der Waals surface area contributed by atoms with Crippen molar-refractivity contribution in [3.63, 3.8) is 0 Å². The predicted octanol–water partition coefficient (Wildman–Crippen LogP) is 5.62. The van der Waals surface area contributed by atoms with Gasteiger partial charge in [0.25, 0.3) is 0 Å². The summed E-state index contributed by atoms with van der Waals surface area (Å²) in [5, 5.41) is 22.3. The zero-order chi connectivity index (χ0) is 22.8. The maximum absolute atomic E-state index is 13.1. The summed E-state index contributed by atoms with van der Waals surface area (Å²) in [4.78, 5) is 13.1. The summed E-state index contributed by atoms with van der Waals surface area (Å²) in [6, 6.07) is 0. The first-order chi connectivity index (χ1) is 14.4. The van der Waals surface area contributed by atoms with E-state index in [1.165, 1.54) is 0 Å². The lowest BCUT2D eigenvalue weighted by Crippen LogP contribution is -2.57. The van der Waals surface area contributed by atoms with Crippen LogP contribution in [0.5, 0.6) is 0 Å². The van der Waals surface area contributed by atoms with Crippen molar-refractivity contribution in [2.45, 2.75) is 91.8 Å². The number of rotatable bonds is 4. The Labute approximate surface area is 188 Å². The number of carbonyl (C=O) groups excluding carboxylic acids is 1. The molecule has 0 saturated heterocycles. The Balaban J connectivity index is 1.67. The van der Waals surface area contributed by atoms with Gasteiger partial charge in [0.05, 0.1) is 11.7 Å². The van der Waals surface area contributed by atoms with Crippen LogP contribution in [0.25, 0.3) is 0 Å². The van der Waals surface area contributed by atoms with E-state index >= 15 is 0 Å². The molecule has 172 valence electrons. The van der Waals surface area contributed by atoms with E-state index in [-0.39, 0.29) is 22.5 Å². The molecule has 0 bridgehead atoms. The Kier molecular flexibility index (Phi) is 5.71. The van der Waals surface area contributed by atoms with Gasteiger partial charge < -0.3 is 10.2 Å². The number of allylic oxidation sites excluding steroid dienone is 4. The second-order valence-electron chi connectivity index (χ2n) is 11.9. The second-order valence-corrected chi connectivity index (χ2v) is 11.9. The Morgan fingerprint density at radius 1 is 1.03 bits per heavy atom. The average molecular weight is 427 g/mol. The highest BCUT2D eigenvalue weighted by atomic mass is 16.3. The fourth-order valence-electron chi connectivity index (χ4n) is 7.45. The third-order valence-electron chi connectivity index (χ3n) is 10.0. The summed E-state index contributed by atoms with van der Waals surface area (Å²) in [5.74, 6) is 2.22. The molecule has 0 radical (unpaired) electrons. The number of hydrogen-bond acceptors (Lipinski definition) is 3. The third-order valence-corrected chi connectivity index (χ3v) is 10.0. The highest BCUT2D eigenvalue weighted by molar-refractivity contribution is 6.07. The maximum Gasteiger partial charge on any atom is 0.182 e. The number of aliphatic hydroxyl groups excluding tert-OH is 1. The van der Waals surface area contributed by atoms with Crippen molar-refractivity contribution in [1.82, 2.24) is 0 Å². The quantitative estimate of drug-likeness (QED) is 0.573. The van der Waals surface area contributed by atoms with Crippen LogP contribution in [0.4, 0.5) is 0 Å². The summed E-state index contributed by atoms with van der Waals surface area (Å²) >= 11 is 0. The van der Waals surface area contributed by atoms with Gasteiger partial charge in [0.15, 0.2) is 5.78 Å². The van der Waals surface area contributed by atoms with E-state index in [0.29, 0.717) is 30.1 Å². The van der Waals surface area contributed by atoms with E-state index in [2.05, 4.69) is 53.7 Å². The van der Waals surface area contributed by atoms with Crippen LogP contribution < -0.4 is 0 Å². The standard InChI is InChI=1S/C28H42O3/c1-17(2)18(3)7-8-19(4)21-11-14-28(31)23-16-25(30)24-15-20(29)9-12-26(24,5)22(23)10-13-27(21,28)6/h7-8,15-22,29,31H,9-14H2,1-6H3/b8-7+/t18-,19+,20-,21+,22-,26+,27+,28+/m0/s1. The van der Waals surface area contributed by atoms with Crippen molar-refractivity contribution in [3.8, 4) is 0 Å². The van der Waals surface area contributed by atoms with Crippen molar-refractivity contribution in [3.05, 3.63) is 35.5 Å². The molecule has 0 aliphatic heterocycles. The summed E-state index contributed by atoms with van der Waals surface area (Å²) in [7, 11) is 0. The van der Waals surface area contributed by atoms with E-state index < -0.39 is 11.7 Å². The minimum Gasteiger partial charge on any atom is -0.389 e. The molecule has 0 spiro atoms. The van der Waals surface area contributed by atoms with Crippen molar-refractivity contribution < 1.29 is 15.0 Å². The first-order valence-electron chi connectivity index (χ1n) is 12.5. The van der Waals surface area contributed by atoms with Gasteiger partial charge in [0.1, 0.15) is 0 Å². The summed E-state index contributed by atoms with van der Waals surface area (Å²) < 4.78 is 0. The fourth-order valence-corrected chi connectivity index (χ4v) is 7.45. The van der Waals surface area contributed by atoms with E-state index in [4.69, 9.17) is 0 Å². The van der Waals surface area contributed by atoms with Crippen molar-refractivity contribution >= 4 is 5.78 Å². The third kappa shape index (κ3) is 3.33. The Morgan fingerprint density at radius 2 is 1.74 bits per heavy atom. The molecule has 0 amide bonds. The minimum absolute atomic E-state index is 0.00678. The van der Waals surface area contributed by atoms with Crippen LogP contribution in [0, 0.1) is 40.4 Å². The van der Waals surface area contributed by atoms with Crippen molar-refractivity contribution in [1.29, 1.82) is 0 Å². The van der Waals surface area contributed by atoms with E-state index in [0.717, 1.165) is 43.3 Å². The van der Waals surface area contributed by atoms with Gasteiger partial charge in [-0.3, -0.25) is 4.79 Å². The lowest BCUT2D eigenvalue weighted by molar-refractivity contribution is -0.118. The van der Waals surface area contributed by atoms with Gasteiger partial charge in [-0.05, 0) is 85.8 Å². The van der Waals surface area contributed by atoms with Crippen LogP contribution in [-0.2, 0) is 4.79 Å². The number of fused-ring (bicyclic) bond motifs is 5. The molecule has 0 unspecified atom stereocenters. The van der Waals surface area contributed by atoms with Crippen LogP contribution in [-0.4, -0.2) is 27.7 Å². The van der Waals surface area contributed by atoms with E-state index in [1.54, 1.807) is 12.2 Å². The monoisotopic (exact) mass is 426 g/mol. The smallest absolute Gasteiger partial charge is 0.182 e. The van der Waals surface area contributed by atoms with Crippen LogP contribution in [0.1, 0.15) is 80.1 Å². The molecule has 31 heavy (non-hydrogen) atoms. The van der Waals surface area contributed by atoms with E-state index in [1.807, 2.05) is 0 Å². The largest absolute Gasteiger partial charge is 0.389 e. The maximum atomic E-state index is 13.1. The Hall–Kier alpha value is -1.19. The molecule has 4 aliphatic carbocycles. The topological polar surface area (TPSA) is 57.5 Å². The zero-order valence-electron chi connectivity index (χ0n) is 20.3. The van der Waals surface area contributed by atoms with Crippen LogP contribution in [0.3, 0.4) is 0 Å². The molecule has 2 saturated carbocycles. The molecule has 0 aromatic rings. The summed E-state index contributed by atoms with van der Waals surface area (Å²) in [6.45, 7) is 13.6. The first kappa shape index (κ1) is 23.0. The highest BCUT2D eigenvalue weighted by Gasteiger charge is 2.65.